The molecule has 0 spiro atoms. The van der Waals surface area contributed by atoms with Gasteiger partial charge in [-0.2, -0.15) is 0 Å². The molecule has 7 nitrogen and oxygen atoms in total. The zero-order valence-electron chi connectivity index (χ0n) is 11.6. The number of non-ortho nitro benzene ring substituents is 1. The number of phenols is 1. The van der Waals surface area contributed by atoms with E-state index < -0.39 is 4.92 Å². The summed E-state index contributed by atoms with van der Waals surface area (Å²) in [6, 6.07) is 10.7. The first-order valence-electron chi connectivity index (χ1n) is 6.19. The predicted octanol–water partition coefficient (Wildman–Crippen LogP) is 3.12. The van der Waals surface area contributed by atoms with Crippen LogP contribution < -0.4 is 15.4 Å². The second kappa shape index (κ2) is 6.72. The lowest BCUT2D eigenvalue weighted by atomic mass is 10.2. The molecule has 0 aliphatic carbocycles. The maximum atomic E-state index is 10.7. The van der Waals surface area contributed by atoms with Gasteiger partial charge in [0, 0.05) is 17.8 Å². The zero-order valence-corrected chi connectivity index (χ0v) is 12.4. The van der Waals surface area contributed by atoms with E-state index in [2.05, 4.69) is 10.6 Å². The number of benzene rings is 2. The van der Waals surface area contributed by atoms with Crippen LogP contribution in [0, 0.1) is 10.1 Å². The molecule has 0 bridgehead atoms. The molecule has 0 aromatic heterocycles. The van der Waals surface area contributed by atoms with Gasteiger partial charge in [-0.05, 0) is 42.5 Å². The molecule has 0 aliphatic rings. The van der Waals surface area contributed by atoms with Crippen LogP contribution in [0.4, 0.5) is 17.1 Å². The fourth-order valence-electron chi connectivity index (χ4n) is 1.70. The van der Waals surface area contributed by atoms with Crippen molar-refractivity contribution in [3.8, 4) is 11.5 Å². The lowest BCUT2D eigenvalue weighted by Crippen LogP contribution is -2.19. The summed E-state index contributed by atoms with van der Waals surface area (Å²) in [6.07, 6.45) is 0. The average Bonchev–Trinajstić information content (AvgIpc) is 2.50. The number of methoxy groups -OCH3 is 1. The molecule has 0 radical (unpaired) electrons. The molecular formula is C14H13N3O4S. The number of ether oxygens (including phenoxy) is 1. The first-order chi connectivity index (χ1) is 10.5. The molecule has 2 aromatic carbocycles. The van der Waals surface area contributed by atoms with Crippen LogP contribution in [-0.4, -0.2) is 22.3 Å². The minimum atomic E-state index is -0.551. The summed E-state index contributed by atoms with van der Waals surface area (Å²) in [4.78, 5) is 10.2. The smallest absolute Gasteiger partial charge is 0.271 e. The largest absolute Gasteiger partial charge is 0.506 e. The Bertz CT molecular complexity index is 704. The molecule has 2 rings (SSSR count). The summed E-state index contributed by atoms with van der Waals surface area (Å²) in [5.41, 5.74) is 0.718. The van der Waals surface area contributed by atoms with E-state index in [-0.39, 0.29) is 22.2 Å². The van der Waals surface area contributed by atoms with Gasteiger partial charge in [0.15, 0.2) is 5.11 Å². The highest BCUT2D eigenvalue weighted by Gasteiger charge is 2.11. The standard InChI is InChI=1S/C14H13N3O4S/c1-21-11-5-2-9(3-6-11)15-14(22)16-12-8-10(17(19)20)4-7-13(12)18/h2-8,18H,1H3,(H2,15,16,22). The van der Waals surface area contributed by atoms with E-state index >= 15 is 0 Å². The first kappa shape index (κ1) is 15.5. The van der Waals surface area contributed by atoms with Gasteiger partial charge in [-0.15, -0.1) is 0 Å². The van der Waals surface area contributed by atoms with E-state index in [9.17, 15) is 15.2 Å². The lowest BCUT2D eigenvalue weighted by Gasteiger charge is -2.12. The Morgan fingerprint density at radius 2 is 1.91 bits per heavy atom. The molecule has 0 heterocycles. The Hall–Kier alpha value is -2.87. The van der Waals surface area contributed by atoms with Gasteiger partial charge >= 0.3 is 0 Å². The molecule has 114 valence electrons. The highest BCUT2D eigenvalue weighted by Crippen LogP contribution is 2.28. The summed E-state index contributed by atoms with van der Waals surface area (Å²) in [5, 5.41) is 26.3. The highest BCUT2D eigenvalue weighted by atomic mass is 32.1. The van der Waals surface area contributed by atoms with Crippen LogP contribution in [0.5, 0.6) is 11.5 Å². The Morgan fingerprint density at radius 1 is 1.23 bits per heavy atom. The quantitative estimate of drug-likeness (QED) is 0.345. The lowest BCUT2D eigenvalue weighted by molar-refractivity contribution is -0.384. The van der Waals surface area contributed by atoms with Crippen molar-refractivity contribution in [1.29, 1.82) is 0 Å². The van der Waals surface area contributed by atoms with E-state index in [1.54, 1.807) is 31.4 Å². The van der Waals surface area contributed by atoms with Crippen LogP contribution in [-0.2, 0) is 0 Å². The third-order valence-corrected chi connectivity index (χ3v) is 2.99. The van der Waals surface area contributed by atoms with Gasteiger partial charge in [-0.1, -0.05) is 0 Å². The van der Waals surface area contributed by atoms with E-state index in [1.165, 1.54) is 18.2 Å². The van der Waals surface area contributed by atoms with Crippen molar-refractivity contribution in [2.24, 2.45) is 0 Å². The second-order valence-corrected chi connectivity index (χ2v) is 4.67. The molecule has 0 aliphatic heterocycles. The molecule has 8 heteroatoms. The van der Waals surface area contributed by atoms with Gasteiger partial charge in [-0.25, -0.2) is 0 Å². The monoisotopic (exact) mass is 319 g/mol. The molecule has 22 heavy (non-hydrogen) atoms. The first-order valence-corrected chi connectivity index (χ1v) is 6.60. The van der Waals surface area contributed by atoms with Gasteiger partial charge in [0.25, 0.3) is 5.69 Å². The van der Waals surface area contributed by atoms with Gasteiger partial charge in [-0.3, -0.25) is 10.1 Å². The van der Waals surface area contributed by atoms with Gasteiger partial charge in [0.2, 0.25) is 0 Å². The Morgan fingerprint density at radius 3 is 2.50 bits per heavy atom. The number of rotatable bonds is 4. The maximum absolute atomic E-state index is 10.7. The minimum Gasteiger partial charge on any atom is -0.506 e. The molecule has 0 saturated carbocycles. The van der Waals surface area contributed by atoms with Crippen LogP contribution in [0.3, 0.4) is 0 Å². The summed E-state index contributed by atoms with van der Waals surface area (Å²) >= 11 is 5.11. The van der Waals surface area contributed by atoms with Gasteiger partial charge < -0.3 is 20.5 Å². The molecule has 0 amide bonds. The summed E-state index contributed by atoms with van der Waals surface area (Å²) in [5.74, 6) is 0.574. The fraction of sp³-hybridized carbons (Fsp3) is 0.0714. The van der Waals surface area contributed by atoms with Crippen molar-refractivity contribution in [2.45, 2.75) is 0 Å². The van der Waals surface area contributed by atoms with E-state index in [1.807, 2.05) is 0 Å². The number of thiocarbonyl (C=S) groups is 1. The van der Waals surface area contributed by atoms with Gasteiger partial charge in [0.05, 0.1) is 17.7 Å². The minimum absolute atomic E-state index is 0.135. The van der Waals surface area contributed by atoms with Crippen LogP contribution in [0.25, 0.3) is 0 Å². The molecular weight excluding hydrogens is 306 g/mol. The number of nitrogens with one attached hydrogen (secondary N) is 2. The molecule has 0 atom stereocenters. The van der Waals surface area contributed by atoms with Gasteiger partial charge in [0.1, 0.15) is 11.5 Å². The Balaban J connectivity index is 2.08. The van der Waals surface area contributed by atoms with Crippen molar-refractivity contribution in [1.82, 2.24) is 0 Å². The third kappa shape index (κ3) is 3.83. The summed E-state index contributed by atoms with van der Waals surface area (Å²) < 4.78 is 5.05. The highest BCUT2D eigenvalue weighted by molar-refractivity contribution is 7.80. The van der Waals surface area contributed by atoms with E-state index in [0.717, 1.165) is 0 Å². The number of aromatic hydroxyl groups is 1. The fourth-order valence-corrected chi connectivity index (χ4v) is 1.92. The zero-order chi connectivity index (χ0) is 16.1. The second-order valence-electron chi connectivity index (χ2n) is 4.27. The SMILES string of the molecule is COc1ccc(NC(=S)Nc2cc([N+](=O)[O-])ccc2O)cc1. The Labute approximate surface area is 131 Å². The molecule has 0 saturated heterocycles. The molecule has 0 unspecified atom stereocenters. The van der Waals surface area contributed by atoms with Crippen molar-refractivity contribution in [3.05, 3.63) is 52.6 Å². The number of nitrogens with zero attached hydrogens (tertiary/aromatic N) is 1. The molecule has 3 N–H and O–H groups in total. The number of phenolic OH excluding ortho intramolecular Hbond substituents is 1. The number of hydrogen-bond acceptors (Lipinski definition) is 5. The van der Waals surface area contributed by atoms with Crippen molar-refractivity contribution < 1.29 is 14.8 Å². The third-order valence-electron chi connectivity index (χ3n) is 2.79. The summed E-state index contributed by atoms with van der Waals surface area (Å²) in [6.45, 7) is 0. The van der Waals surface area contributed by atoms with Crippen molar-refractivity contribution >= 4 is 34.4 Å². The molecule has 0 fully saturated rings. The van der Waals surface area contributed by atoms with E-state index in [0.29, 0.717) is 11.4 Å². The van der Waals surface area contributed by atoms with Crippen LogP contribution in [0.15, 0.2) is 42.5 Å². The number of nitro benzene ring substituents is 1. The normalized spacial score (nSPS) is 9.86. The number of anilines is 2. The number of hydrogen-bond donors (Lipinski definition) is 3. The van der Waals surface area contributed by atoms with Crippen molar-refractivity contribution in [2.75, 3.05) is 17.7 Å². The van der Waals surface area contributed by atoms with E-state index in [4.69, 9.17) is 17.0 Å². The van der Waals surface area contributed by atoms with Crippen LogP contribution in [0.1, 0.15) is 0 Å². The predicted molar refractivity (Wildman–Crippen MR) is 87.6 cm³/mol. The summed E-state index contributed by atoms with van der Waals surface area (Å²) in [7, 11) is 1.57. The topological polar surface area (TPSA) is 96.7 Å². The maximum Gasteiger partial charge on any atom is 0.271 e. The molecule has 2 aromatic rings. The van der Waals surface area contributed by atoms with Crippen molar-refractivity contribution in [3.63, 3.8) is 0 Å². The number of nitro groups is 1. The van der Waals surface area contributed by atoms with Crippen LogP contribution >= 0.6 is 12.2 Å². The average molecular weight is 319 g/mol. The Kier molecular flexibility index (Phi) is 4.74. The van der Waals surface area contributed by atoms with Crippen LogP contribution in [0.2, 0.25) is 0 Å².